The quantitative estimate of drug-likeness (QED) is 0.799. The van der Waals surface area contributed by atoms with Gasteiger partial charge in [0.15, 0.2) is 11.5 Å². The summed E-state index contributed by atoms with van der Waals surface area (Å²) in [5, 5.41) is 2.60. The fraction of sp³-hybridized carbons (Fsp3) is 0.250. The molecule has 2 aromatic rings. The molecule has 0 saturated heterocycles. The first-order valence-electron chi connectivity index (χ1n) is 7.24. The summed E-state index contributed by atoms with van der Waals surface area (Å²) in [7, 11) is -0.764. The monoisotopic (exact) mass is 365 g/mol. The molecule has 9 heteroatoms. The second-order valence-electron chi connectivity index (χ2n) is 5.10. The summed E-state index contributed by atoms with van der Waals surface area (Å²) in [4.78, 5) is 16.1. The Bertz CT molecular complexity index is 840. The number of amides is 1. The Morgan fingerprint density at radius 3 is 2.48 bits per heavy atom. The van der Waals surface area contributed by atoms with E-state index in [2.05, 4.69) is 10.3 Å². The van der Waals surface area contributed by atoms with Gasteiger partial charge in [-0.25, -0.2) is 8.42 Å². The third kappa shape index (κ3) is 4.83. The maximum absolute atomic E-state index is 12.2. The van der Waals surface area contributed by atoms with Crippen LogP contribution in [0.4, 0.5) is 11.4 Å². The molecule has 134 valence electrons. The minimum absolute atomic E-state index is 0.293. The Labute approximate surface area is 146 Å². The van der Waals surface area contributed by atoms with E-state index in [1.54, 1.807) is 30.5 Å². The first-order chi connectivity index (χ1) is 11.8. The molecule has 8 nitrogen and oxygen atoms in total. The zero-order valence-corrected chi connectivity index (χ0v) is 14.9. The topological polar surface area (TPSA) is 97.8 Å². The van der Waals surface area contributed by atoms with Gasteiger partial charge in [0.05, 0.1) is 38.0 Å². The number of anilines is 2. The molecule has 2 rings (SSSR count). The van der Waals surface area contributed by atoms with Crippen LogP contribution in [0.1, 0.15) is 0 Å². The normalized spacial score (nSPS) is 10.8. The second-order valence-corrected chi connectivity index (χ2v) is 7.01. The lowest BCUT2D eigenvalue weighted by Crippen LogP contribution is -2.37. The van der Waals surface area contributed by atoms with Crippen molar-refractivity contribution in [2.75, 3.05) is 36.6 Å². The van der Waals surface area contributed by atoms with Crippen molar-refractivity contribution in [1.82, 2.24) is 4.98 Å². The summed E-state index contributed by atoms with van der Waals surface area (Å²) in [5.41, 5.74) is 0.773. The van der Waals surface area contributed by atoms with Gasteiger partial charge in [0.2, 0.25) is 15.9 Å². The molecule has 0 aliphatic rings. The average Bonchev–Trinajstić information content (AvgIpc) is 2.59. The second kappa shape index (κ2) is 7.84. The number of benzene rings is 1. The van der Waals surface area contributed by atoms with Crippen molar-refractivity contribution in [2.45, 2.75) is 0 Å². The SMILES string of the molecule is COc1ccc(N(CC(=O)Nc2cccnc2)S(C)(=O)=O)cc1OC. The number of hydrogen-bond donors (Lipinski definition) is 1. The number of ether oxygens (including phenoxy) is 2. The average molecular weight is 365 g/mol. The zero-order valence-electron chi connectivity index (χ0n) is 14.1. The van der Waals surface area contributed by atoms with Crippen molar-refractivity contribution in [3.8, 4) is 11.5 Å². The van der Waals surface area contributed by atoms with E-state index >= 15 is 0 Å². The zero-order chi connectivity index (χ0) is 18.4. The summed E-state index contributed by atoms with van der Waals surface area (Å²) in [6.45, 7) is -0.386. The molecule has 0 radical (unpaired) electrons. The van der Waals surface area contributed by atoms with Crippen LogP contribution in [0, 0.1) is 0 Å². The largest absolute Gasteiger partial charge is 0.493 e. The predicted octanol–water partition coefficient (Wildman–Crippen LogP) is 1.50. The summed E-state index contributed by atoms with van der Waals surface area (Å²) >= 11 is 0. The van der Waals surface area contributed by atoms with Crippen LogP contribution in [0.3, 0.4) is 0 Å². The van der Waals surface area contributed by atoms with Gasteiger partial charge in [-0.15, -0.1) is 0 Å². The van der Waals surface area contributed by atoms with Crippen molar-refractivity contribution < 1.29 is 22.7 Å². The van der Waals surface area contributed by atoms with Crippen molar-refractivity contribution in [3.63, 3.8) is 0 Å². The van der Waals surface area contributed by atoms with Crippen LogP contribution >= 0.6 is 0 Å². The van der Waals surface area contributed by atoms with Gasteiger partial charge in [-0.3, -0.25) is 14.1 Å². The van der Waals surface area contributed by atoms with Gasteiger partial charge in [0.25, 0.3) is 0 Å². The molecule has 25 heavy (non-hydrogen) atoms. The third-order valence-electron chi connectivity index (χ3n) is 3.29. The van der Waals surface area contributed by atoms with Gasteiger partial charge >= 0.3 is 0 Å². The highest BCUT2D eigenvalue weighted by atomic mass is 32.2. The number of nitrogens with one attached hydrogen (secondary N) is 1. The predicted molar refractivity (Wildman–Crippen MR) is 94.6 cm³/mol. The van der Waals surface area contributed by atoms with Crippen LogP contribution in [0.2, 0.25) is 0 Å². The van der Waals surface area contributed by atoms with Gasteiger partial charge in [-0.05, 0) is 24.3 Å². The lowest BCUT2D eigenvalue weighted by Gasteiger charge is -2.22. The van der Waals surface area contributed by atoms with Gasteiger partial charge in [0, 0.05) is 12.3 Å². The Balaban J connectivity index is 2.27. The van der Waals surface area contributed by atoms with Crippen molar-refractivity contribution >= 4 is 27.3 Å². The molecular formula is C16H19N3O5S. The van der Waals surface area contributed by atoms with Crippen molar-refractivity contribution in [2.24, 2.45) is 0 Å². The molecule has 0 aliphatic carbocycles. The lowest BCUT2D eigenvalue weighted by atomic mass is 10.2. The standard InChI is InChI=1S/C16H19N3O5S/c1-23-14-7-6-13(9-15(14)24-2)19(25(3,21)22)11-16(20)18-12-5-4-8-17-10-12/h4-10H,11H2,1-3H3,(H,18,20). The highest BCUT2D eigenvalue weighted by Gasteiger charge is 2.22. The highest BCUT2D eigenvalue weighted by Crippen LogP contribution is 2.32. The summed E-state index contributed by atoms with van der Waals surface area (Å²) < 4.78 is 35.6. The maximum atomic E-state index is 12.2. The van der Waals surface area contributed by atoms with Crippen LogP contribution in [0.15, 0.2) is 42.7 Å². The smallest absolute Gasteiger partial charge is 0.245 e. The van der Waals surface area contributed by atoms with Crippen LogP contribution in [0.25, 0.3) is 0 Å². The molecule has 1 amide bonds. The Kier molecular flexibility index (Phi) is 5.81. The number of pyridine rings is 1. The van der Waals surface area contributed by atoms with E-state index in [-0.39, 0.29) is 6.54 Å². The fourth-order valence-corrected chi connectivity index (χ4v) is 3.00. The van der Waals surface area contributed by atoms with E-state index < -0.39 is 15.9 Å². The number of rotatable bonds is 7. The van der Waals surface area contributed by atoms with E-state index in [1.807, 2.05) is 0 Å². The number of nitrogens with zero attached hydrogens (tertiary/aromatic N) is 2. The molecule has 0 unspecified atom stereocenters. The number of carbonyl (C=O) groups is 1. The first kappa shape index (κ1) is 18.5. The Morgan fingerprint density at radius 1 is 1.20 bits per heavy atom. The van der Waals surface area contributed by atoms with Crippen LogP contribution in [0.5, 0.6) is 11.5 Å². The summed E-state index contributed by atoms with van der Waals surface area (Å²) in [6, 6.07) is 7.94. The van der Waals surface area contributed by atoms with E-state index in [4.69, 9.17) is 9.47 Å². The van der Waals surface area contributed by atoms with Gasteiger partial charge < -0.3 is 14.8 Å². The first-order valence-corrected chi connectivity index (χ1v) is 9.09. The van der Waals surface area contributed by atoms with E-state index in [9.17, 15) is 13.2 Å². The van der Waals surface area contributed by atoms with E-state index in [1.165, 1.54) is 26.5 Å². The number of sulfonamides is 1. The van der Waals surface area contributed by atoms with Crippen molar-refractivity contribution in [3.05, 3.63) is 42.7 Å². The Hall–Kier alpha value is -2.81. The molecule has 0 fully saturated rings. The minimum Gasteiger partial charge on any atom is -0.493 e. The maximum Gasteiger partial charge on any atom is 0.245 e. The van der Waals surface area contributed by atoms with Crippen LogP contribution in [-0.4, -0.2) is 46.3 Å². The van der Waals surface area contributed by atoms with Crippen LogP contribution < -0.4 is 19.1 Å². The third-order valence-corrected chi connectivity index (χ3v) is 4.43. The number of carbonyl (C=O) groups excluding carboxylic acids is 1. The van der Waals surface area contributed by atoms with Crippen molar-refractivity contribution in [1.29, 1.82) is 0 Å². The van der Waals surface area contributed by atoms with Gasteiger partial charge in [-0.2, -0.15) is 0 Å². The molecule has 1 aromatic carbocycles. The molecule has 0 atom stereocenters. The molecule has 1 aromatic heterocycles. The lowest BCUT2D eigenvalue weighted by molar-refractivity contribution is -0.114. The molecule has 1 N–H and O–H groups in total. The summed E-state index contributed by atoms with van der Waals surface area (Å²) in [6.07, 6.45) is 4.07. The van der Waals surface area contributed by atoms with Crippen LogP contribution in [-0.2, 0) is 14.8 Å². The summed E-state index contributed by atoms with van der Waals surface area (Å²) in [5.74, 6) is 0.328. The molecule has 0 bridgehead atoms. The number of hydrogen-bond acceptors (Lipinski definition) is 6. The Morgan fingerprint density at radius 2 is 1.92 bits per heavy atom. The van der Waals surface area contributed by atoms with Gasteiger partial charge in [0.1, 0.15) is 6.54 Å². The highest BCUT2D eigenvalue weighted by molar-refractivity contribution is 7.92. The number of aromatic nitrogens is 1. The molecule has 0 aliphatic heterocycles. The fourth-order valence-electron chi connectivity index (χ4n) is 2.15. The molecular weight excluding hydrogens is 346 g/mol. The molecule has 0 saturated carbocycles. The molecule has 0 spiro atoms. The van der Waals surface area contributed by atoms with E-state index in [0.717, 1.165) is 10.6 Å². The van der Waals surface area contributed by atoms with Gasteiger partial charge in [-0.1, -0.05) is 0 Å². The number of methoxy groups -OCH3 is 2. The minimum atomic E-state index is -3.69. The van der Waals surface area contributed by atoms with E-state index in [0.29, 0.717) is 22.9 Å². The molecule has 1 heterocycles.